The van der Waals surface area contributed by atoms with E-state index < -0.39 is 12.0 Å². The summed E-state index contributed by atoms with van der Waals surface area (Å²) in [5, 5.41) is 19.0. The molecule has 2 atom stereocenters. The average molecular weight is 515 g/mol. The van der Waals surface area contributed by atoms with Crippen LogP contribution >= 0.6 is 0 Å². The maximum atomic E-state index is 11.1. The van der Waals surface area contributed by atoms with Gasteiger partial charge in [0.25, 0.3) is 0 Å². The normalized spacial score (nSPS) is 23.2. The van der Waals surface area contributed by atoms with E-state index in [0.717, 1.165) is 72.5 Å². The number of nitrogens with two attached hydrogens (primary N) is 2. The van der Waals surface area contributed by atoms with E-state index in [2.05, 4.69) is 52.5 Å². The summed E-state index contributed by atoms with van der Waals surface area (Å²) in [5.41, 5.74) is 18.8. The van der Waals surface area contributed by atoms with Crippen LogP contribution in [0.2, 0.25) is 0 Å². The van der Waals surface area contributed by atoms with Crippen LogP contribution in [0.15, 0.2) is 94.3 Å². The van der Waals surface area contributed by atoms with Crippen LogP contribution < -0.4 is 11.5 Å². The molecule has 2 aliphatic carbocycles. The van der Waals surface area contributed by atoms with Crippen molar-refractivity contribution in [2.45, 2.75) is 51.0 Å². The zero-order valence-corrected chi connectivity index (χ0v) is 22.0. The summed E-state index contributed by atoms with van der Waals surface area (Å²) in [7, 11) is 1.82. The van der Waals surface area contributed by atoms with Gasteiger partial charge in [0.05, 0.1) is 0 Å². The van der Waals surface area contributed by atoms with E-state index in [0.29, 0.717) is 18.8 Å². The standard InChI is InChI=1S/C31H38N4O3/c1-34-29-19-26(30(33)24-8-2-5-21(11-14-24)17-28(32)31(37)38)15-16-35(29)20-22-6-3-7-23(13-12-22)25-9-4-10-27(36)18-25/h3-4,7-10,12-13,15-16,18,21,28,36H,2,5-6,11,14,17,19-20,32-33H2,1H3,(H,37,38)/b30-26-,34-29+. The van der Waals surface area contributed by atoms with Crippen molar-refractivity contribution < 1.29 is 15.0 Å². The number of amidine groups is 1. The van der Waals surface area contributed by atoms with Gasteiger partial charge in [-0.25, -0.2) is 0 Å². The second kappa shape index (κ2) is 12.6. The van der Waals surface area contributed by atoms with Crippen molar-refractivity contribution in [3.8, 4) is 5.75 Å². The minimum Gasteiger partial charge on any atom is -0.508 e. The van der Waals surface area contributed by atoms with Crippen molar-refractivity contribution in [3.63, 3.8) is 0 Å². The number of hydrogen-bond donors (Lipinski definition) is 4. The molecule has 0 fully saturated rings. The third-order valence-corrected chi connectivity index (χ3v) is 7.51. The Morgan fingerprint density at radius 2 is 2.08 bits per heavy atom. The van der Waals surface area contributed by atoms with E-state index in [1.165, 1.54) is 5.57 Å². The van der Waals surface area contributed by atoms with Crippen LogP contribution in [0, 0.1) is 5.92 Å². The number of benzene rings is 1. The van der Waals surface area contributed by atoms with Gasteiger partial charge in [-0.05, 0) is 90.5 Å². The minimum atomic E-state index is -0.934. The zero-order valence-electron chi connectivity index (χ0n) is 22.0. The summed E-state index contributed by atoms with van der Waals surface area (Å²) < 4.78 is 0. The molecule has 0 aromatic heterocycles. The van der Waals surface area contributed by atoms with Gasteiger partial charge in [-0.15, -0.1) is 0 Å². The summed E-state index contributed by atoms with van der Waals surface area (Å²) in [5.74, 6) is 0.589. The Morgan fingerprint density at radius 3 is 2.84 bits per heavy atom. The number of rotatable bonds is 7. The highest BCUT2D eigenvalue weighted by atomic mass is 16.4. The average Bonchev–Trinajstić information content (AvgIpc) is 3.29. The van der Waals surface area contributed by atoms with Crippen molar-refractivity contribution in [1.82, 2.24) is 4.90 Å². The van der Waals surface area contributed by atoms with Crippen LogP contribution in [-0.4, -0.2) is 46.6 Å². The molecule has 6 N–H and O–H groups in total. The molecule has 0 saturated carbocycles. The van der Waals surface area contributed by atoms with Crippen LogP contribution in [-0.2, 0) is 4.79 Å². The van der Waals surface area contributed by atoms with Gasteiger partial charge >= 0.3 is 5.97 Å². The molecule has 0 radical (unpaired) electrons. The summed E-state index contributed by atoms with van der Waals surface area (Å²) in [4.78, 5) is 17.9. The molecule has 200 valence electrons. The van der Waals surface area contributed by atoms with Crippen LogP contribution in [0.5, 0.6) is 5.75 Å². The number of carboxylic acid groups (broad SMARTS) is 1. The summed E-state index contributed by atoms with van der Waals surface area (Å²) in [6.45, 7) is 0.735. The topological polar surface area (TPSA) is 125 Å². The van der Waals surface area contributed by atoms with Gasteiger partial charge in [-0.2, -0.15) is 0 Å². The minimum absolute atomic E-state index is 0.262. The summed E-state index contributed by atoms with van der Waals surface area (Å²) in [6.07, 6.45) is 20.4. The highest BCUT2D eigenvalue weighted by Crippen LogP contribution is 2.31. The first-order valence-electron chi connectivity index (χ1n) is 13.3. The van der Waals surface area contributed by atoms with Crippen molar-refractivity contribution in [2.24, 2.45) is 22.4 Å². The lowest BCUT2D eigenvalue weighted by atomic mass is 9.91. The van der Waals surface area contributed by atoms with E-state index in [9.17, 15) is 9.90 Å². The molecule has 2 unspecified atom stereocenters. The summed E-state index contributed by atoms with van der Waals surface area (Å²) >= 11 is 0. The molecule has 7 heteroatoms. The van der Waals surface area contributed by atoms with Crippen LogP contribution in [0.25, 0.3) is 5.57 Å². The first-order chi connectivity index (χ1) is 18.3. The third kappa shape index (κ3) is 6.92. The predicted octanol–water partition coefficient (Wildman–Crippen LogP) is 5.04. The Bertz CT molecular complexity index is 1270. The van der Waals surface area contributed by atoms with Crippen LogP contribution in [0.3, 0.4) is 0 Å². The fourth-order valence-electron chi connectivity index (χ4n) is 5.26. The Kier molecular flexibility index (Phi) is 9.02. The molecule has 4 rings (SSSR count). The molecule has 38 heavy (non-hydrogen) atoms. The van der Waals surface area contributed by atoms with E-state index in [-0.39, 0.29) is 5.75 Å². The van der Waals surface area contributed by atoms with E-state index in [1.54, 1.807) is 12.1 Å². The highest BCUT2D eigenvalue weighted by molar-refractivity contribution is 5.88. The lowest BCUT2D eigenvalue weighted by molar-refractivity contribution is -0.139. The monoisotopic (exact) mass is 514 g/mol. The quantitative estimate of drug-likeness (QED) is 0.404. The second-order valence-electron chi connectivity index (χ2n) is 10.2. The Hall–Kier alpha value is -3.84. The molecule has 0 spiro atoms. The number of nitrogens with zero attached hydrogens (tertiary/aromatic N) is 2. The molecule has 0 saturated heterocycles. The lowest BCUT2D eigenvalue weighted by Gasteiger charge is -2.28. The Morgan fingerprint density at radius 1 is 1.24 bits per heavy atom. The smallest absolute Gasteiger partial charge is 0.320 e. The molecule has 1 heterocycles. The van der Waals surface area contributed by atoms with Gasteiger partial charge in [0.15, 0.2) is 0 Å². The third-order valence-electron chi connectivity index (χ3n) is 7.51. The highest BCUT2D eigenvalue weighted by Gasteiger charge is 2.23. The number of phenolic OH excluding ortho intramolecular Hbond substituents is 1. The zero-order chi connectivity index (χ0) is 27.1. The number of aromatic hydroxyl groups is 1. The van der Waals surface area contributed by atoms with Crippen LogP contribution in [0.1, 0.15) is 50.5 Å². The Balaban J connectivity index is 1.43. The number of phenols is 1. The SMILES string of the molecule is C/N=C1\C/C(=C(\N)C2=CCCC(CC(N)C(=O)O)CC2)C=CN1CC1=CC=C(c2cccc(O)c2)C=CC1. The van der Waals surface area contributed by atoms with E-state index >= 15 is 0 Å². The predicted molar refractivity (Wildman–Crippen MR) is 153 cm³/mol. The second-order valence-corrected chi connectivity index (χ2v) is 10.2. The largest absolute Gasteiger partial charge is 0.508 e. The number of aliphatic imine (C=N–C) groups is 1. The van der Waals surface area contributed by atoms with Gasteiger partial charge in [0, 0.05) is 31.9 Å². The van der Waals surface area contributed by atoms with Crippen molar-refractivity contribution >= 4 is 17.4 Å². The first kappa shape index (κ1) is 27.2. The van der Waals surface area contributed by atoms with Gasteiger partial charge in [0.2, 0.25) is 0 Å². The number of aliphatic carboxylic acids is 1. The lowest BCUT2D eigenvalue weighted by Crippen LogP contribution is -2.32. The van der Waals surface area contributed by atoms with Crippen LogP contribution in [0.4, 0.5) is 0 Å². The molecule has 1 aromatic carbocycles. The van der Waals surface area contributed by atoms with Gasteiger partial charge in [0.1, 0.15) is 17.6 Å². The molecule has 1 aromatic rings. The number of carboxylic acids is 1. The van der Waals surface area contributed by atoms with E-state index in [4.69, 9.17) is 16.6 Å². The fraction of sp³-hybridized carbons (Fsp3) is 0.355. The number of allylic oxidation sites excluding steroid dienone is 8. The number of hydrogen-bond acceptors (Lipinski definition) is 5. The molecule has 0 bridgehead atoms. The van der Waals surface area contributed by atoms with Gasteiger partial charge in [-0.1, -0.05) is 42.5 Å². The van der Waals surface area contributed by atoms with Gasteiger partial charge in [-0.3, -0.25) is 9.79 Å². The molecule has 3 aliphatic rings. The molecular formula is C31H38N4O3. The number of carbonyl (C=O) groups is 1. The Labute approximate surface area is 224 Å². The fourth-order valence-corrected chi connectivity index (χ4v) is 5.26. The summed E-state index contributed by atoms with van der Waals surface area (Å²) in [6, 6.07) is 6.50. The van der Waals surface area contributed by atoms with Crippen molar-refractivity contribution in [3.05, 3.63) is 94.9 Å². The molecule has 7 nitrogen and oxygen atoms in total. The molecule has 0 amide bonds. The van der Waals surface area contributed by atoms with Crippen molar-refractivity contribution in [2.75, 3.05) is 13.6 Å². The maximum Gasteiger partial charge on any atom is 0.320 e. The van der Waals surface area contributed by atoms with E-state index in [1.807, 2.05) is 19.2 Å². The first-order valence-corrected chi connectivity index (χ1v) is 13.3. The molecule has 1 aliphatic heterocycles. The van der Waals surface area contributed by atoms with Crippen molar-refractivity contribution in [1.29, 1.82) is 0 Å². The maximum absolute atomic E-state index is 11.1. The van der Waals surface area contributed by atoms with Gasteiger partial charge < -0.3 is 26.6 Å². The molecular weight excluding hydrogens is 476 g/mol.